The Morgan fingerprint density at radius 2 is 2.00 bits per heavy atom. The number of anilines is 2. The zero-order valence-electron chi connectivity index (χ0n) is 12.6. The quantitative estimate of drug-likeness (QED) is 0.764. The molecular formula is C16H15N5S. The predicted octanol–water partition coefficient (Wildman–Crippen LogP) is 4.07. The van der Waals surface area contributed by atoms with Crippen molar-refractivity contribution < 1.29 is 0 Å². The number of aromatic nitrogens is 3. The number of aromatic amines is 1. The second-order valence-electron chi connectivity index (χ2n) is 5.10. The average Bonchev–Trinajstić information content (AvgIpc) is 3.07. The zero-order valence-corrected chi connectivity index (χ0v) is 13.4. The summed E-state index contributed by atoms with van der Waals surface area (Å²) in [6.07, 6.45) is 0. The molecule has 0 radical (unpaired) electrons. The molecule has 0 aliphatic heterocycles. The first-order valence-corrected chi connectivity index (χ1v) is 7.66. The Morgan fingerprint density at radius 1 is 1.18 bits per heavy atom. The smallest absolute Gasteiger partial charge is 0.153 e. The van der Waals surface area contributed by atoms with Crippen molar-refractivity contribution in [3.8, 4) is 16.5 Å². The van der Waals surface area contributed by atoms with E-state index in [4.69, 9.17) is 0 Å². The van der Waals surface area contributed by atoms with Crippen LogP contribution in [0.5, 0.6) is 0 Å². The second-order valence-corrected chi connectivity index (χ2v) is 6.39. The Morgan fingerprint density at radius 3 is 2.59 bits per heavy atom. The number of nitriles is 1. The van der Waals surface area contributed by atoms with E-state index < -0.39 is 0 Å². The van der Waals surface area contributed by atoms with Crippen LogP contribution < -0.4 is 5.32 Å². The zero-order chi connectivity index (χ0) is 15.7. The first-order chi connectivity index (χ1) is 10.6. The molecule has 3 aromatic rings. The van der Waals surface area contributed by atoms with Crippen LogP contribution in [0.25, 0.3) is 10.4 Å². The van der Waals surface area contributed by atoms with Crippen LogP contribution in [-0.2, 0) is 0 Å². The van der Waals surface area contributed by atoms with Gasteiger partial charge in [-0.1, -0.05) is 0 Å². The molecule has 0 saturated carbocycles. The third-order valence-corrected chi connectivity index (χ3v) is 4.31. The summed E-state index contributed by atoms with van der Waals surface area (Å²) in [4.78, 5) is 6.74. The summed E-state index contributed by atoms with van der Waals surface area (Å²) in [6.45, 7) is 5.85. The van der Waals surface area contributed by atoms with Gasteiger partial charge < -0.3 is 5.32 Å². The van der Waals surface area contributed by atoms with Crippen molar-refractivity contribution in [2.75, 3.05) is 5.32 Å². The van der Waals surface area contributed by atoms with Crippen molar-refractivity contribution >= 4 is 23.0 Å². The van der Waals surface area contributed by atoms with Crippen LogP contribution in [0.1, 0.15) is 21.8 Å². The molecule has 0 saturated heterocycles. The number of nitrogens with one attached hydrogen (secondary N) is 2. The Kier molecular flexibility index (Phi) is 3.65. The van der Waals surface area contributed by atoms with Gasteiger partial charge in [-0.3, -0.25) is 5.10 Å². The van der Waals surface area contributed by atoms with E-state index in [1.807, 2.05) is 32.0 Å². The number of nitrogens with zero attached hydrogens (tertiary/aromatic N) is 3. The van der Waals surface area contributed by atoms with Gasteiger partial charge in [0.05, 0.1) is 11.3 Å². The van der Waals surface area contributed by atoms with Crippen LogP contribution in [0.4, 0.5) is 11.6 Å². The van der Waals surface area contributed by atoms with Gasteiger partial charge in [0.2, 0.25) is 0 Å². The molecule has 3 heterocycles. The van der Waals surface area contributed by atoms with Crippen LogP contribution in [0.2, 0.25) is 0 Å². The first-order valence-electron chi connectivity index (χ1n) is 6.84. The van der Waals surface area contributed by atoms with Crippen molar-refractivity contribution in [2.24, 2.45) is 0 Å². The summed E-state index contributed by atoms with van der Waals surface area (Å²) in [6, 6.07) is 10.2. The maximum Gasteiger partial charge on any atom is 0.153 e. The normalized spacial score (nSPS) is 10.5. The molecule has 0 amide bonds. The highest BCUT2D eigenvalue weighted by molar-refractivity contribution is 7.15. The molecule has 0 unspecified atom stereocenters. The lowest BCUT2D eigenvalue weighted by molar-refractivity contribution is 1.05. The first kappa shape index (κ1) is 14.3. The van der Waals surface area contributed by atoms with E-state index in [9.17, 15) is 5.26 Å². The standard InChI is InChI=1S/C16H15N5S/c1-9-6-16(21-20-9)19-15-7-12(13(8-17)11(3)18-15)14-5-4-10(2)22-14/h4-7H,1-3H3,(H2,18,19,20,21). The van der Waals surface area contributed by atoms with Crippen LogP contribution in [0.15, 0.2) is 24.3 Å². The minimum Gasteiger partial charge on any atom is -0.323 e. The number of rotatable bonds is 3. The topological polar surface area (TPSA) is 77.4 Å². The molecule has 0 spiro atoms. The van der Waals surface area contributed by atoms with Crippen molar-refractivity contribution in [1.82, 2.24) is 15.2 Å². The van der Waals surface area contributed by atoms with Gasteiger partial charge in [0.1, 0.15) is 11.9 Å². The van der Waals surface area contributed by atoms with Crippen LogP contribution in [-0.4, -0.2) is 15.2 Å². The molecular weight excluding hydrogens is 294 g/mol. The molecule has 3 rings (SSSR count). The van der Waals surface area contributed by atoms with Gasteiger partial charge in [-0.05, 0) is 39.0 Å². The molecule has 0 fully saturated rings. The summed E-state index contributed by atoms with van der Waals surface area (Å²) >= 11 is 1.67. The molecule has 0 atom stereocenters. The molecule has 3 aromatic heterocycles. The van der Waals surface area contributed by atoms with Crippen molar-refractivity contribution in [3.63, 3.8) is 0 Å². The maximum absolute atomic E-state index is 9.43. The Bertz CT molecular complexity index is 869. The second kappa shape index (κ2) is 5.62. The Balaban J connectivity index is 2.06. The van der Waals surface area contributed by atoms with Gasteiger partial charge >= 0.3 is 0 Å². The third-order valence-electron chi connectivity index (χ3n) is 3.28. The number of pyridine rings is 1. The number of thiophene rings is 1. The van der Waals surface area contributed by atoms with E-state index in [0.29, 0.717) is 22.9 Å². The van der Waals surface area contributed by atoms with Gasteiger partial charge in [-0.25, -0.2) is 4.98 Å². The van der Waals surface area contributed by atoms with E-state index in [1.165, 1.54) is 4.88 Å². The Hall–Kier alpha value is -2.65. The fourth-order valence-electron chi connectivity index (χ4n) is 2.26. The van der Waals surface area contributed by atoms with Gasteiger partial charge in [0.15, 0.2) is 5.82 Å². The van der Waals surface area contributed by atoms with Crippen molar-refractivity contribution in [3.05, 3.63) is 46.1 Å². The monoisotopic (exact) mass is 309 g/mol. The Labute approximate surface area is 132 Å². The minimum atomic E-state index is 0.616. The van der Waals surface area contributed by atoms with E-state index in [0.717, 1.165) is 16.1 Å². The highest BCUT2D eigenvalue weighted by atomic mass is 32.1. The lowest BCUT2D eigenvalue weighted by Crippen LogP contribution is -1.99. The molecule has 0 aliphatic rings. The third kappa shape index (κ3) is 2.71. The van der Waals surface area contributed by atoms with E-state index >= 15 is 0 Å². The van der Waals surface area contributed by atoms with Gasteiger partial charge in [0.25, 0.3) is 0 Å². The fourth-order valence-corrected chi connectivity index (χ4v) is 3.15. The SMILES string of the molecule is Cc1cc(Nc2cc(-c3ccc(C)s3)c(C#N)c(C)n2)n[nH]1. The van der Waals surface area contributed by atoms with Crippen molar-refractivity contribution in [1.29, 1.82) is 5.26 Å². The molecule has 6 heteroatoms. The van der Waals surface area contributed by atoms with Crippen LogP contribution in [0.3, 0.4) is 0 Å². The molecule has 0 aromatic carbocycles. The van der Waals surface area contributed by atoms with E-state index in [2.05, 4.69) is 39.6 Å². The number of hydrogen-bond acceptors (Lipinski definition) is 5. The van der Waals surface area contributed by atoms with Gasteiger partial charge in [0, 0.05) is 27.1 Å². The van der Waals surface area contributed by atoms with Crippen molar-refractivity contribution in [2.45, 2.75) is 20.8 Å². The average molecular weight is 309 g/mol. The highest BCUT2D eigenvalue weighted by Crippen LogP contribution is 2.33. The van der Waals surface area contributed by atoms with Crippen LogP contribution in [0, 0.1) is 32.1 Å². The highest BCUT2D eigenvalue weighted by Gasteiger charge is 2.13. The van der Waals surface area contributed by atoms with E-state index in [-0.39, 0.29) is 0 Å². The number of hydrogen-bond donors (Lipinski definition) is 2. The minimum absolute atomic E-state index is 0.616. The maximum atomic E-state index is 9.43. The molecule has 0 bridgehead atoms. The lowest BCUT2D eigenvalue weighted by atomic mass is 10.1. The number of aryl methyl sites for hydroxylation is 3. The molecule has 22 heavy (non-hydrogen) atoms. The predicted molar refractivity (Wildman–Crippen MR) is 88.3 cm³/mol. The summed E-state index contributed by atoms with van der Waals surface area (Å²) in [7, 11) is 0. The van der Waals surface area contributed by atoms with E-state index in [1.54, 1.807) is 11.3 Å². The summed E-state index contributed by atoms with van der Waals surface area (Å²) in [5, 5.41) is 19.6. The number of H-pyrrole nitrogens is 1. The summed E-state index contributed by atoms with van der Waals surface area (Å²) in [5.74, 6) is 1.39. The molecule has 110 valence electrons. The largest absolute Gasteiger partial charge is 0.323 e. The summed E-state index contributed by atoms with van der Waals surface area (Å²) < 4.78 is 0. The molecule has 5 nitrogen and oxygen atoms in total. The van der Waals surface area contributed by atoms with Gasteiger partial charge in [-0.15, -0.1) is 11.3 Å². The summed E-state index contributed by atoms with van der Waals surface area (Å²) in [5.41, 5.74) is 3.20. The lowest BCUT2D eigenvalue weighted by Gasteiger charge is -2.09. The van der Waals surface area contributed by atoms with Crippen LogP contribution >= 0.6 is 11.3 Å². The molecule has 0 aliphatic carbocycles. The molecule has 2 N–H and O–H groups in total. The fraction of sp³-hybridized carbons (Fsp3) is 0.188. The van der Waals surface area contributed by atoms with Gasteiger partial charge in [-0.2, -0.15) is 10.4 Å².